The molecule has 2 heteroatoms. The van der Waals surface area contributed by atoms with Gasteiger partial charge >= 0.3 is 0 Å². The highest BCUT2D eigenvalue weighted by atomic mass is 16.3. The van der Waals surface area contributed by atoms with Crippen LogP contribution in [0.2, 0.25) is 0 Å². The number of hydrogen-bond donors (Lipinski definition) is 1. The molecule has 74 valence electrons. The lowest BCUT2D eigenvalue weighted by Crippen LogP contribution is -1.86. The lowest BCUT2D eigenvalue weighted by molar-refractivity contribution is 0.473. The van der Waals surface area contributed by atoms with Gasteiger partial charge in [0.15, 0.2) is 0 Å². The first-order valence-corrected chi connectivity index (χ1v) is 4.66. The van der Waals surface area contributed by atoms with Crippen LogP contribution in [-0.4, -0.2) is 10.1 Å². The van der Waals surface area contributed by atoms with Crippen LogP contribution in [0.25, 0.3) is 5.57 Å². The van der Waals surface area contributed by atoms with Gasteiger partial charge in [0.2, 0.25) is 0 Å². The summed E-state index contributed by atoms with van der Waals surface area (Å²) in [7, 11) is 0. The Bertz CT molecular complexity index is 477. The minimum Gasteiger partial charge on any atom is -0.507 e. The summed E-state index contributed by atoms with van der Waals surface area (Å²) < 4.78 is 0. The van der Waals surface area contributed by atoms with Gasteiger partial charge < -0.3 is 5.11 Å². The first-order valence-electron chi connectivity index (χ1n) is 4.66. The smallest absolute Gasteiger partial charge is 0.123 e. The van der Waals surface area contributed by atoms with E-state index in [1.807, 2.05) is 24.3 Å². The minimum absolute atomic E-state index is 0.249. The number of aromatic hydroxyl groups is 1. The Morgan fingerprint density at radius 1 is 1.07 bits per heavy atom. The highest BCUT2D eigenvalue weighted by molar-refractivity contribution is 5.80. The third-order valence-electron chi connectivity index (χ3n) is 2.26. The Labute approximate surface area is 88.5 Å². The Morgan fingerprint density at radius 3 is 2.40 bits per heavy atom. The molecule has 0 aliphatic rings. The number of para-hydroxylation sites is 1. The summed E-state index contributed by atoms with van der Waals surface area (Å²) in [6.07, 6.45) is 3.42. The molecule has 0 atom stereocenters. The fourth-order valence-corrected chi connectivity index (χ4v) is 1.44. The lowest BCUT2D eigenvalue weighted by Gasteiger charge is -2.07. The van der Waals surface area contributed by atoms with Crippen molar-refractivity contribution in [1.82, 2.24) is 4.98 Å². The standard InChI is InChI=1S/C13H11NO/c1-10(11-6-8-14-9-7-11)12-4-2-3-5-13(12)15/h2-9,15H,1H2. The van der Waals surface area contributed by atoms with Crippen molar-refractivity contribution in [3.8, 4) is 5.75 Å². The topological polar surface area (TPSA) is 33.1 Å². The second-order valence-corrected chi connectivity index (χ2v) is 3.23. The van der Waals surface area contributed by atoms with Gasteiger partial charge in [-0.1, -0.05) is 24.8 Å². The molecule has 1 N–H and O–H groups in total. The summed E-state index contributed by atoms with van der Waals surface area (Å²) in [5, 5.41) is 9.67. The molecule has 2 nitrogen and oxygen atoms in total. The maximum absolute atomic E-state index is 9.67. The molecule has 0 bridgehead atoms. The average molecular weight is 197 g/mol. The molecule has 15 heavy (non-hydrogen) atoms. The van der Waals surface area contributed by atoms with Gasteiger partial charge in [0.1, 0.15) is 5.75 Å². The summed E-state index contributed by atoms with van der Waals surface area (Å²) >= 11 is 0. The normalized spacial score (nSPS) is 9.87. The van der Waals surface area contributed by atoms with E-state index in [1.54, 1.807) is 24.5 Å². The predicted molar refractivity (Wildman–Crippen MR) is 60.5 cm³/mol. The first-order chi connectivity index (χ1) is 7.29. The van der Waals surface area contributed by atoms with Gasteiger partial charge in [-0.3, -0.25) is 4.98 Å². The summed E-state index contributed by atoms with van der Waals surface area (Å²) in [6.45, 7) is 3.97. The molecule has 2 aromatic rings. The van der Waals surface area contributed by atoms with E-state index in [0.29, 0.717) is 0 Å². The van der Waals surface area contributed by atoms with Crippen LogP contribution in [0.3, 0.4) is 0 Å². The zero-order valence-corrected chi connectivity index (χ0v) is 8.22. The van der Waals surface area contributed by atoms with E-state index in [4.69, 9.17) is 0 Å². The monoisotopic (exact) mass is 197 g/mol. The quantitative estimate of drug-likeness (QED) is 0.803. The molecule has 0 unspecified atom stereocenters. The maximum Gasteiger partial charge on any atom is 0.123 e. The fourth-order valence-electron chi connectivity index (χ4n) is 1.44. The Kier molecular flexibility index (Phi) is 2.50. The Balaban J connectivity index is 2.42. The van der Waals surface area contributed by atoms with Crippen LogP contribution in [0, 0.1) is 0 Å². The van der Waals surface area contributed by atoms with Crippen molar-refractivity contribution in [3.05, 3.63) is 66.5 Å². The molecule has 0 aliphatic heterocycles. The van der Waals surface area contributed by atoms with Crippen LogP contribution in [-0.2, 0) is 0 Å². The SMILES string of the molecule is C=C(c1ccncc1)c1ccccc1O. The lowest BCUT2D eigenvalue weighted by atomic mass is 10.00. The molecular weight excluding hydrogens is 186 g/mol. The predicted octanol–water partition coefficient (Wildman–Crippen LogP) is 2.85. The van der Waals surface area contributed by atoms with Crippen LogP contribution in [0.1, 0.15) is 11.1 Å². The Hall–Kier alpha value is -2.09. The molecule has 0 saturated carbocycles. The van der Waals surface area contributed by atoms with E-state index in [2.05, 4.69) is 11.6 Å². The van der Waals surface area contributed by atoms with Crippen molar-refractivity contribution in [1.29, 1.82) is 0 Å². The van der Waals surface area contributed by atoms with Crippen molar-refractivity contribution in [2.24, 2.45) is 0 Å². The number of aromatic nitrogens is 1. The molecule has 0 fully saturated rings. The third kappa shape index (κ3) is 1.89. The number of phenols is 1. The van der Waals surface area contributed by atoms with E-state index >= 15 is 0 Å². The summed E-state index contributed by atoms with van der Waals surface area (Å²) in [5.41, 5.74) is 2.52. The molecule has 2 rings (SSSR count). The van der Waals surface area contributed by atoms with Crippen molar-refractivity contribution in [2.45, 2.75) is 0 Å². The largest absolute Gasteiger partial charge is 0.507 e. The van der Waals surface area contributed by atoms with Crippen molar-refractivity contribution < 1.29 is 5.11 Å². The van der Waals surface area contributed by atoms with E-state index < -0.39 is 0 Å². The fraction of sp³-hybridized carbons (Fsp3) is 0. The molecule has 1 aromatic carbocycles. The number of hydrogen-bond acceptors (Lipinski definition) is 2. The molecule has 0 aliphatic carbocycles. The van der Waals surface area contributed by atoms with Crippen LogP contribution < -0.4 is 0 Å². The number of rotatable bonds is 2. The highest BCUT2D eigenvalue weighted by Crippen LogP contribution is 2.27. The molecule has 0 saturated heterocycles. The van der Waals surface area contributed by atoms with Gasteiger partial charge in [-0.25, -0.2) is 0 Å². The van der Waals surface area contributed by atoms with Gasteiger partial charge in [-0.2, -0.15) is 0 Å². The number of phenolic OH excluding ortho intramolecular Hbond substituents is 1. The van der Waals surface area contributed by atoms with E-state index in [-0.39, 0.29) is 5.75 Å². The van der Waals surface area contributed by atoms with Crippen LogP contribution in [0.4, 0.5) is 0 Å². The number of nitrogens with zero attached hydrogens (tertiary/aromatic N) is 1. The number of benzene rings is 1. The summed E-state index contributed by atoms with van der Waals surface area (Å²) in [6, 6.07) is 10.9. The molecule has 0 radical (unpaired) electrons. The molecule has 1 heterocycles. The van der Waals surface area contributed by atoms with Crippen LogP contribution in [0.15, 0.2) is 55.4 Å². The zero-order chi connectivity index (χ0) is 10.7. The van der Waals surface area contributed by atoms with E-state index in [0.717, 1.165) is 16.7 Å². The zero-order valence-electron chi connectivity index (χ0n) is 8.22. The molecule has 0 amide bonds. The van der Waals surface area contributed by atoms with Gasteiger partial charge in [-0.05, 0) is 29.3 Å². The van der Waals surface area contributed by atoms with Gasteiger partial charge in [0.25, 0.3) is 0 Å². The second kappa shape index (κ2) is 3.96. The third-order valence-corrected chi connectivity index (χ3v) is 2.26. The van der Waals surface area contributed by atoms with E-state index in [1.165, 1.54) is 0 Å². The first kappa shape index (κ1) is 9.46. The van der Waals surface area contributed by atoms with Crippen molar-refractivity contribution >= 4 is 5.57 Å². The van der Waals surface area contributed by atoms with Gasteiger partial charge in [-0.15, -0.1) is 0 Å². The summed E-state index contributed by atoms with van der Waals surface area (Å²) in [5.74, 6) is 0.249. The van der Waals surface area contributed by atoms with Gasteiger partial charge in [0.05, 0.1) is 0 Å². The Morgan fingerprint density at radius 2 is 1.73 bits per heavy atom. The van der Waals surface area contributed by atoms with E-state index in [9.17, 15) is 5.11 Å². The summed E-state index contributed by atoms with van der Waals surface area (Å²) in [4.78, 5) is 3.94. The maximum atomic E-state index is 9.67. The number of pyridine rings is 1. The van der Waals surface area contributed by atoms with Crippen LogP contribution in [0.5, 0.6) is 5.75 Å². The molecule has 0 spiro atoms. The highest BCUT2D eigenvalue weighted by Gasteiger charge is 2.05. The van der Waals surface area contributed by atoms with Crippen molar-refractivity contribution in [3.63, 3.8) is 0 Å². The van der Waals surface area contributed by atoms with Crippen LogP contribution >= 0.6 is 0 Å². The molecule has 1 aromatic heterocycles. The minimum atomic E-state index is 0.249. The molecular formula is C13H11NO. The second-order valence-electron chi connectivity index (χ2n) is 3.23. The van der Waals surface area contributed by atoms with Crippen molar-refractivity contribution in [2.75, 3.05) is 0 Å². The van der Waals surface area contributed by atoms with Gasteiger partial charge in [0, 0.05) is 18.0 Å². The average Bonchev–Trinajstić information content (AvgIpc) is 2.30.